The normalized spacial score (nSPS) is 10.9. The van der Waals surface area contributed by atoms with Gasteiger partial charge in [-0.3, -0.25) is 4.57 Å². The first-order valence-electron chi connectivity index (χ1n) is 5.91. The first-order chi connectivity index (χ1) is 9.54. The van der Waals surface area contributed by atoms with E-state index >= 15 is 0 Å². The lowest BCUT2D eigenvalue weighted by atomic mass is 10.2. The highest BCUT2D eigenvalue weighted by Crippen LogP contribution is 2.27. The molecule has 3 aromatic rings. The molecule has 0 atom stereocenters. The minimum atomic E-state index is -0.592. The number of hydrogen-bond donors (Lipinski definition) is 1. The van der Waals surface area contributed by atoms with E-state index in [-0.39, 0.29) is 11.5 Å². The number of nitrogen functional groups attached to an aromatic ring is 1. The summed E-state index contributed by atoms with van der Waals surface area (Å²) < 4.78 is 16.9. The first kappa shape index (κ1) is 12.2. The van der Waals surface area contributed by atoms with Gasteiger partial charge in [-0.2, -0.15) is 10.4 Å². The molecule has 0 spiro atoms. The largest absolute Gasteiger partial charge is 0.369 e. The zero-order chi connectivity index (χ0) is 14.4. The Morgan fingerprint density at radius 3 is 2.85 bits per heavy atom. The van der Waals surface area contributed by atoms with E-state index in [0.717, 1.165) is 5.69 Å². The van der Waals surface area contributed by atoms with E-state index < -0.39 is 5.82 Å². The number of aryl methyl sites for hydroxylation is 2. The van der Waals surface area contributed by atoms with Gasteiger partial charge in [-0.15, -0.1) is 0 Å². The number of nitriles is 1. The lowest BCUT2D eigenvalue weighted by Crippen LogP contribution is -2.07. The van der Waals surface area contributed by atoms with Crippen molar-refractivity contribution in [3.05, 3.63) is 35.3 Å². The maximum Gasteiger partial charge on any atom is 0.207 e. The molecule has 2 aromatic heterocycles. The van der Waals surface area contributed by atoms with Gasteiger partial charge in [-0.05, 0) is 19.1 Å². The van der Waals surface area contributed by atoms with Crippen LogP contribution in [0.5, 0.6) is 0 Å². The minimum absolute atomic E-state index is 0.0719. The van der Waals surface area contributed by atoms with Crippen LogP contribution in [0.1, 0.15) is 11.3 Å². The number of aromatic nitrogens is 4. The van der Waals surface area contributed by atoms with Crippen LogP contribution >= 0.6 is 0 Å². The van der Waals surface area contributed by atoms with Crippen LogP contribution in [0.3, 0.4) is 0 Å². The maximum atomic E-state index is 13.8. The average Bonchev–Trinajstić information content (AvgIpc) is 2.87. The van der Waals surface area contributed by atoms with Gasteiger partial charge in [-0.1, -0.05) is 6.07 Å². The third-order valence-corrected chi connectivity index (χ3v) is 3.17. The van der Waals surface area contributed by atoms with Crippen LogP contribution in [-0.2, 0) is 7.05 Å². The number of imidazole rings is 1. The predicted octanol–water partition coefficient (Wildman–Crippen LogP) is 1.66. The molecule has 0 unspecified atom stereocenters. The molecule has 100 valence electrons. The number of nitrogens with two attached hydrogens (primary N) is 1. The Hall–Kier alpha value is -2.88. The molecule has 7 heteroatoms. The lowest BCUT2D eigenvalue weighted by molar-refractivity contribution is 0.622. The average molecular weight is 270 g/mol. The second kappa shape index (κ2) is 4.06. The molecule has 0 aliphatic carbocycles. The van der Waals surface area contributed by atoms with Crippen molar-refractivity contribution in [3.63, 3.8) is 0 Å². The molecule has 0 aliphatic rings. The Labute approximate surface area is 113 Å². The lowest BCUT2D eigenvalue weighted by Gasteiger charge is -2.09. The topological polar surface area (TPSA) is 85.5 Å². The van der Waals surface area contributed by atoms with Crippen molar-refractivity contribution in [1.82, 2.24) is 19.3 Å². The van der Waals surface area contributed by atoms with E-state index in [1.807, 2.05) is 13.0 Å². The highest BCUT2D eigenvalue weighted by molar-refractivity contribution is 5.80. The Morgan fingerprint density at radius 2 is 2.15 bits per heavy atom. The molecule has 6 nitrogen and oxygen atoms in total. The van der Waals surface area contributed by atoms with Gasteiger partial charge in [0.2, 0.25) is 5.95 Å². The van der Waals surface area contributed by atoms with Crippen LogP contribution in [-0.4, -0.2) is 19.3 Å². The van der Waals surface area contributed by atoms with Gasteiger partial charge in [0.15, 0.2) is 5.65 Å². The molecule has 3 rings (SSSR count). The van der Waals surface area contributed by atoms with Gasteiger partial charge in [-0.25, -0.2) is 14.1 Å². The summed E-state index contributed by atoms with van der Waals surface area (Å²) in [5, 5.41) is 13.4. The smallest absolute Gasteiger partial charge is 0.207 e. The molecule has 1 aromatic carbocycles. The molecule has 2 heterocycles. The summed E-state index contributed by atoms with van der Waals surface area (Å²) in [4.78, 5) is 4.24. The van der Waals surface area contributed by atoms with Crippen LogP contribution in [0.4, 0.5) is 10.3 Å². The molecule has 20 heavy (non-hydrogen) atoms. The number of hydrogen-bond acceptors (Lipinski definition) is 4. The van der Waals surface area contributed by atoms with Crippen molar-refractivity contribution in [2.75, 3.05) is 5.73 Å². The Balaban J connectivity index is 2.45. The SMILES string of the molecule is Cc1nn(C)c2c1nc(N)n2-c1cccc(F)c1C#N. The van der Waals surface area contributed by atoms with E-state index in [0.29, 0.717) is 16.9 Å². The molecular weight excluding hydrogens is 259 g/mol. The van der Waals surface area contributed by atoms with Crippen molar-refractivity contribution in [1.29, 1.82) is 5.26 Å². The molecule has 0 saturated carbocycles. The molecule has 0 saturated heterocycles. The Kier molecular flexibility index (Phi) is 2.47. The fourth-order valence-electron chi connectivity index (χ4n) is 2.34. The van der Waals surface area contributed by atoms with E-state index in [1.165, 1.54) is 16.7 Å². The molecule has 0 radical (unpaired) electrons. The van der Waals surface area contributed by atoms with Gasteiger partial charge in [0, 0.05) is 7.05 Å². The third kappa shape index (κ3) is 1.48. The fourth-order valence-corrected chi connectivity index (χ4v) is 2.34. The molecular formula is C13H11FN6. The van der Waals surface area contributed by atoms with Gasteiger partial charge in [0.25, 0.3) is 0 Å². The Bertz CT molecular complexity index is 867. The second-order valence-corrected chi connectivity index (χ2v) is 4.43. The second-order valence-electron chi connectivity index (χ2n) is 4.43. The molecule has 0 fully saturated rings. The predicted molar refractivity (Wildman–Crippen MR) is 71.7 cm³/mol. The van der Waals surface area contributed by atoms with Crippen LogP contribution in [0.15, 0.2) is 18.2 Å². The number of nitrogens with zero attached hydrogens (tertiary/aromatic N) is 5. The summed E-state index contributed by atoms with van der Waals surface area (Å²) in [7, 11) is 1.75. The summed E-state index contributed by atoms with van der Waals surface area (Å²) in [6.07, 6.45) is 0. The van der Waals surface area contributed by atoms with Crippen LogP contribution in [0, 0.1) is 24.1 Å². The fraction of sp³-hybridized carbons (Fsp3) is 0.154. The molecule has 0 bridgehead atoms. The van der Waals surface area contributed by atoms with E-state index in [4.69, 9.17) is 11.0 Å². The molecule has 0 amide bonds. The molecule has 0 aliphatic heterocycles. The van der Waals surface area contributed by atoms with Crippen molar-refractivity contribution in [2.45, 2.75) is 6.92 Å². The van der Waals surface area contributed by atoms with Crippen LogP contribution in [0.2, 0.25) is 0 Å². The number of rotatable bonds is 1. The summed E-state index contributed by atoms with van der Waals surface area (Å²) in [6.45, 7) is 1.82. The van der Waals surface area contributed by atoms with Gasteiger partial charge >= 0.3 is 0 Å². The third-order valence-electron chi connectivity index (χ3n) is 3.17. The quantitative estimate of drug-likeness (QED) is 0.728. The monoisotopic (exact) mass is 270 g/mol. The number of fused-ring (bicyclic) bond motifs is 1. The summed E-state index contributed by atoms with van der Waals surface area (Å²) in [6, 6.07) is 6.25. The van der Waals surface area contributed by atoms with E-state index in [1.54, 1.807) is 17.8 Å². The summed E-state index contributed by atoms with van der Waals surface area (Å²) >= 11 is 0. The highest BCUT2D eigenvalue weighted by Gasteiger charge is 2.20. The summed E-state index contributed by atoms with van der Waals surface area (Å²) in [5.41, 5.74) is 8.19. The van der Waals surface area contributed by atoms with Crippen molar-refractivity contribution in [2.24, 2.45) is 7.05 Å². The van der Waals surface area contributed by atoms with Gasteiger partial charge < -0.3 is 5.73 Å². The first-order valence-corrected chi connectivity index (χ1v) is 5.91. The summed E-state index contributed by atoms with van der Waals surface area (Å²) in [5.74, 6) is -0.400. The van der Waals surface area contributed by atoms with E-state index in [2.05, 4.69) is 10.1 Å². The van der Waals surface area contributed by atoms with Crippen LogP contribution in [0.25, 0.3) is 16.9 Å². The van der Waals surface area contributed by atoms with Gasteiger partial charge in [0.1, 0.15) is 23.0 Å². The minimum Gasteiger partial charge on any atom is -0.369 e. The van der Waals surface area contributed by atoms with Gasteiger partial charge in [0.05, 0.1) is 11.4 Å². The van der Waals surface area contributed by atoms with Crippen molar-refractivity contribution < 1.29 is 4.39 Å². The van der Waals surface area contributed by atoms with Crippen LogP contribution < -0.4 is 5.73 Å². The highest BCUT2D eigenvalue weighted by atomic mass is 19.1. The number of benzene rings is 1. The van der Waals surface area contributed by atoms with Crippen molar-refractivity contribution >= 4 is 17.1 Å². The number of anilines is 1. The van der Waals surface area contributed by atoms with Crippen molar-refractivity contribution in [3.8, 4) is 11.8 Å². The molecule has 2 N–H and O–H groups in total. The zero-order valence-corrected chi connectivity index (χ0v) is 10.9. The maximum absolute atomic E-state index is 13.8. The zero-order valence-electron chi connectivity index (χ0n) is 10.9. The Morgan fingerprint density at radius 1 is 1.40 bits per heavy atom. The number of halogens is 1. The standard InChI is InChI=1S/C13H11FN6/c1-7-11-12(19(2)18-7)20(13(16)17-11)10-5-3-4-9(14)8(10)6-15/h3-5H,1-2H3,(H2,16,17). The van der Waals surface area contributed by atoms with E-state index in [9.17, 15) is 4.39 Å².